The predicted octanol–water partition coefficient (Wildman–Crippen LogP) is 1.19. The van der Waals surface area contributed by atoms with E-state index in [1.54, 1.807) is 13.1 Å². The summed E-state index contributed by atoms with van der Waals surface area (Å²) >= 11 is 0. The molecule has 0 atom stereocenters. The van der Waals surface area contributed by atoms with Gasteiger partial charge in [0, 0.05) is 25.6 Å². The fraction of sp³-hybridized carbons (Fsp3) is 0.583. The first kappa shape index (κ1) is 14.2. The number of amides is 1. The maximum absolute atomic E-state index is 11.4. The molecule has 0 aromatic carbocycles. The molecule has 1 amide bonds. The van der Waals surface area contributed by atoms with Crippen molar-refractivity contribution < 1.29 is 4.79 Å². The second-order valence-electron chi connectivity index (χ2n) is 4.21. The lowest BCUT2D eigenvalue weighted by Gasteiger charge is -2.11. The van der Waals surface area contributed by atoms with Gasteiger partial charge in [-0.15, -0.1) is 0 Å². The summed E-state index contributed by atoms with van der Waals surface area (Å²) in [5, 5.41) is 8.70. The van der Waals surface area contributed by atoms with Crippen LogP contribution in [0.4, 0.5) is 11.6 Å². The Kier molecular flexibility index (Phi) is 5.35. The molecule has 0 bridgehead atoms. The van der Waals surface area contributed by atoms with Crippen molar-refractivity contribution in [1.29, 1.82) is 0 Å². The minimum Gasteiger partial charge on any atom is -0.373 e. The molecule has 0 spiro atoms. The molecule has 0 fully saturated rings. The van der Waals surface area contributed by atoms with Crippen molar-refractivity contribution in [2.24, 2.45) is 0 Å². The molecular weight excluding hydrogens is 230 g/mol. The van der Waals surface area contributed by atoms with Gasteiger partial charge in [-0.25, -0.2) is 9.97 Å². The summed E-state index contributed by atoms with van der Waals surface area (Å²) in [6.07, 6.45) is 0. The number of rotatable bonds is 6. The van der Waals surface area contributed by atoms with Gasteiger partial charge in [0.2, 0.25) is 5.91 Å². The smallest absolute Gasteiger partial charge is 0.239 e. The minimum atomic E-state index is -0.0479. The summed E-state index contributed by atoms with van der Waals surface area (Å²) in [6.45, 7) is 6.79. The van der Waals surface area contributed by atoms with Gasteiger partial charge in [-0.3, -0.25) is 4.79 Å². The third-order valence-electron chi connectivity index (χ3n) is 2.32. The highest BCUT2D eigenvalue weighted by Gasteiger charge is 2.08. The fourth-order valence-corrected chi connectivity index (χ4v) is 1.37. The number of anilines is 2. The monoisotopic (exact) mass is 251 g/mol. The summed E-state index contributed by atoms with van der Waals surface area (Å²) in [6, 6.07) is 1.78. The number of hydrogen-bond acceptors (Lipinski definition) is 5. The Morgan fingerprint density at radius 3 is 2.56 bits per heavy atom. The van der Waals surface area contributed by atoms with Crippen molar-refractivity contribution >= 4 is 17.5 Å². The molecule has 0 aliphatic rings. The Morgan fingerprint density at radius 1 is 1.33 bits per heavy atom. The minimum absolute atomic E-state index is 0.0479. The van der Waals surface area contributed by atoms with Gasteiger partial charge in [-0.2, -0.15) is 0 Å². The van der Waals surface area contributed by atoms with Crippen LogP contribution >= 0.6 is 0 Å². The quantitative estimate of drug-likeness (QED) is 0.708. The molecule has 0 aliphatic heterocycles. The van der Waals surface area contributed by atoms with Crippen LogP contribution in [0.2, 0.25) is 0 Å². The van der Waals surface area contributed by atoms with Crippen LogP contribution in [0.5, 0.6) is 0 Å². The zero-order valence-electron chi connectivity index (χ0n) is 11.4. The molecule has 0 unspecified atom stereocenters. The Morgan fingerprint density at radius 2 is 2.00 bits per heavy atom. The van der Waals surface area contributed by atoms with Gasteiger partial charge in [-0.1, -0.05) is 13.8 Å². The third-order valence-corrected chi connectivity index (χ3v) is 2.32. The Bertz CT molecular complexity index is 405. The molecule has 3 N–H and O–H groups in total. The third kappa shape index (κ3) is 4.20. The van der Waals surface area contributed by atoms with E-state index in [1.807, 2.05) is 20.8 Å². The molecule has 0 saturated heterocycles. The zero-order chi connectivity index (χ0) is 13.5. The lowest BCUT2D eigenvalue weighted by molar-refractivity contribution is -0.119. The number of likely N-dealkylation sites (N-methyl/N-ethyl adjacent to an activating group) is 1. The van der Waals surface area contributed by atoms with Gasteiger partial charge in [0.1, 0.15) is 17.5 Å². The average molecular weight is 251 g/mol. The first-order chi connectivity index (χ1) is 8.56. The van der Waals surface area contributed by atoms with Crippen molar-refractivity contribution in [3.63, 3.8) is 0 Å². The molecular formula is C12H21N5O. The SMILES string of the molecule is CCNC(=O)CNc1cc(NC)nc(C(C)C)n1. The Balaban J connectivity index is 2.75. The van der Waals surface area contributed by atoms with Gasteiger partial charge >= 0.3 is 0 Å². The highest BCUT2D eigenvalue weighted by Crippen LogP contribution is 2.16. The summed E-state index contributed by atoms with van der Waals surface area (Å²) in [5.41, 5.74) is 0. The van der Waals surface area contributed by atoms with Crippen molar-refractivity contribution in [1.82, 2.24) is 15.3 Å². The van der Waals surface area contributed by atoms with Crippen LogP contribution in [0, 0.1) is 0 Å². The van der Waals surface area contributed by atoms with Crippen LogP contribution in [-0.4, -0.2) is 36.0 Å². The highest BCUT2D eigenvalue weighted by molar-refractivity contribution is 5.80. The summed E-state index contributed by atoms with van der Waals surface area (Å²) in [4.78, 5) is 20.1. The maximum Gasteiger partial charge on any atom is 0.239 e. The van der Waals surface area contributed by atoms with E-state index in [1.165, 1.54) is 0 Å². The van der Waals surface area contributed by atoms with E-state index in [-0.39, 0.29) is 18.4 Å². The van der Waals surface area contributed by atoms with Crippen molar-refractivity contribution in [3.8, 4) is 0 Å². The van der Waals surface area contributed by atoms with Gasteiger partial charge < -0.3 is 16.0 Å². The van der Waals surface area contributed by atoms with Crippen LogP contribution in [-0.2, 0) is 4.79 Å². The number of aromatic nitrogens is 2. The van der Waals surface area contributed by atoms with Crippen LogP contribution in [0.3, 0.4) is 0 Å². The van der Waals surface area contributed by atoms with Crippen LogP contribution in [0.15, 0.2) is 6.07 Å². The van der Waals surface area contributed by atoms with Crippen molar-refractivity contribution in [2.45, 2.75) is 26.7 Å². The number of hydrogen-bond donors (Lipinski definition) is 3. The molecule has 100 valence electrons. The van der Waals surface area contributed by atoms with E-state index in [0.717, 1.165) is 11.6 Å². The fourth-order valence-electron chi connectivity index (χ4n) is 1.37. The Hall–Kier alpha value is -1.85. The molecule has 18 heavy (non-hydrogen) atoms. The second-order valence-corrected chi connectivity index (χ2v) is 4.21. The summed E-state index contributed by atoms with van der Waals surface area (Å²) in [7, 11) is 1.81. The van der Waals surface area contributed by atoms with E-state index in [9.17, 15) is 4.79 Å². The molecule has 1 heterocycles. The number of nitrogens with one attached hydrogen (secondary N) is 3. The first-order valence-corrected chi connectivity index (χ1v) is 6.14. The zero-order valence-corrected chi connectivity index (χ0v) is 11.4. The van der Waals surface area contributed by atoms with Gasteiger partial charge in [-0.05, 0) is 6.92 Å². The maximum atomic E-state index is 11.4. The molecule has 6 nitrogen and oxygen atoms in total. The van der Waals surface area contributed by atoms with E-state index in [2.05, 4.69) is 25.9 Å². The number of carbonyl (C=O) groups is 1. The lowest BCUT2D eigenvalue weighted by atomic mass is 10.2. The molecule has 0 aliphatic carbocycles. The lowest BCUT2D eigenvalue weighted by Crippen LogP contribution is -2.29. The molecule has 1 rings (SSSR count). The van der Waals surface area contributed by atoms with Gasteiger partial charge in [0.15, 0.2) is 0 Å². The number of nitrogens with zero attached hydrogens (tertiary/aromatic N) is 2. The van der Waals surface area contributed by atoms with Crippen LogP contribution in [0.1, 0.15) is 32.5 Å². The van der Waals surface area contributed by atoms with Crippen molar-refractivity contribution in [3.05, 3.63) is 11.9 Å². The standard InChI is InChI=1S/C12H21N5O/c1-5-14-11(18)7-15-10-6-9(13-4)16-12(17-10)8(2)3/h6,8H,5,7H2,1-4H3,(H,14,18)(H2,13,15,16,17). The summed E-state index contributed by atoms with van der Waals surface area (Å²) < 4.78 is 0. The van der Waals surface area contributed by atoms with Crippen LogP contribution < -0.4 is 16.0 Å². The van der Waals surface area contributed by atoms with Crippen LogP contribution in [0.25, 0.3) is 0 Å². The van der Waals surface area contributed by atoms with E-state index >= 15 is 0 Å². The van der Waals surface area contributed by atoms with E-state index < -0.39 is 0 Å². The predicted molar refractivity (Wildman–Crippen MR) is 72.8 cm³/mol. The molecule has 0 saturated carbocycles. The van der Waals surface area contributed by atoms with Gasteiger partial charge in [0.25, 0.3) is 0 Å². The van der Waals surface area contributed by atoms with Gasteiger partial charge in [0.05, 0.1) is 6.54 Å². The van der Waals surface area contributed by atoms with Crippen molar-refractivity contribution in [2.75, 3.05) is 30.8 Å². The largest absolute Gasteiger partial charge is 0.373 e. The molecule has 6 heteroatoms. The second kappa shape index (κ2) is 6.78. The van der Waals surface area contributed by atoms with E-state index in [4.69, 9.17) is 0 Å². The highest BCUT2D eigenvalue weighted by atomic mass is 16.1. The number of carbonyl (C=O) groups excluding carboxylic acids is 1. The van der Waals surface area contributed by atoms with E-state index in [0.29, 0.717) is 12.4 Å². The normalized spacial score (nSPS) is 10.3. The topological polar surface area (TPSA) is 78.9 Å². The average Bonchev–Trinajstić information content (AvgIpc) is 2.36. The summed E-state index contributed by atoms with van der Waals surface area (Å²) in [5.74, 6) is 2.34. The molecule has 1 aromatic rings. The first-order valence-electron chi connectivity index (χ1n) is 6.14. The molecule has 0 radical (unpaired) electrons. The Labute approximate surface area is 108 Å². The molecule has 1 aromatic heterocycles.